The maximum absolute atomic E-state index is 9.26. The van der Waals surface area contributed by atoms with Gasteiger partial charge < -0.3 is 9.84 Å². The fourth-order valence-corrected chi connectivity index (χ4v) is 2.33. The standard InChI is InChI=1S/C14H21NO2/c1-12-5-4-6-13(11-16)14(12)17-10-9-15-7-2-3-8-15/h4-6,16H,2-3,7-11H2,1H3. The summed E-state index contributed by atoms with van der Waals surface area (Å²) >= 11 is 0. The van der Waals surface area contributed by atoms with Crippen molar-refractivity contribution in [3.8, 4) is 5.75 Å². The predicted molar refractivity (Wildman–Crippen MR) is 68.3 cm³/mol. The van der Waals surface area contributed by atoms with Gasteiger partial charge in [0.15, 0.2) is 0 Å². The summed E-state index contributed by atoms with van der Waals surface area (Å²) in [4.78, 5) is 2.43. The van der Waals surface area contributed by atoms with Gasteiger partial charge in [0.2, 0.25) is 0 Å². The second-order valence-corrected chi connectivity index (χ2v) is 4.62. The number of aliphatic hydroxyl groups excluding tert-OH is 1. The highest BCUT2D eigenvalue weighted by atomic mass is 16.5. The molecule has 1 aromatic carbocycles. The first-order valence-electron chi connectivity index (χ1n) is 6.36. The van der Waals surface area contributed by atoms with E-state index >= 15 is 0 Å². The number of hydrogen-bond donors (Lipinski definition) is 1. The van der Waals surface area contributed by atoms with Crippen LogP contribution in [-0.2, 0) is 6.61 Å². The van der Waals surface area contributed by atoms with E-state index in [0.717, 1.165) is 23.4 Å². The SMILES string of the molecule is Cc1cccc(CO)c1OCCN1CCCC1. The Morgan fingerprint density at radius 3 is 2.76 bits per heavy atom. The summed E-state index contributed by atoms with van der Waals surface area (Å²) in [5.74, 6) is 0.856. The zero-order chi connectivity index (χ0) is 12.1. The van der Waals surface area contributed by atoms with Gasteiger partial charge in [-0.25, -0.2) is 0 Å². The van der Waals surface area contributed by atoms with Crippen LogP contribution >= 0.6 is 0 Å². The summed E-state index contributed by atoms with van der Waals surface area (Å²) < 4.78 is 5.82. The van der Waals surface area contributed by atoms with Crippen molar-refractivity contribution in [2.45, 2.75) is 26.4 Å². The Labute approximate surface area is 103 Å². The van der Waals surface area contributed by atoms with Gasteiger partial charge in [-0.2, -0.15) is 0 Å². The van der Waals surface area contributed by atoms with E-state index in [1.807, 2.05) is 25.1 Å². The normalized spacial score (nSPS) is 16.4. The lowest BCUT2D eigenvalue weighted by molar-refractivity contribution is 0.226. The van der Waals surface area contributed by atoms with Crippen molar-refractivity contribution < 1.29 is 9.84 Å². The summed E-state index contributed by atoms with van der Waals surface area (Å²) in [6, 6.07) is 5.89. The molecule has 94 valence electrons. The lowest BCUT2D eigenvalue weighted by atomic mass is 10.1. The van der Waals surface area contributed by atoms with Crippen LogP contribution in [0, 0.1) is 6.92 Å². The Morgan fingerprint density at radius 1 is 1.29 bits per heavy atom. The van der Waals surface area contributed by atoms with Crippen molar-refractivity contribution in [1.82, 2.24) is 4.90 Å². The third-order valence-electron chi connectivity index (χ3n) is 3.32. The lowest BCUT2D eigenvalue weighted by Gasteiger charge is -2.17. The van der Waals surface area contributed by atoms with Gasteiger partial charge in [0.25, 0.3) is 0 Å². The van der Waals surface area contributed by atoms with Crippen molar-refractivity contribution in [1.29, 1.82) is 0 Å². The third kappa shape index (κ3) is 3.20. The van der Waals surface area contributed by atoms with Gasteiger partial charge in [0.1, 0.15) is 12.4 Å². The first-order chi connectivity index (χ1) is 8.31. The zero-order valence-electron chi connectivity index (χ0n) is 10.5. The van der Waals surface area contributed by atoms with E-state index < -0.39 is 0 Å². The van der Waals surface area contributed by atoms with Crippen LogP contribution in [-0.4, -0.2) is 36.2 Å². The molecule has 1 heterocycles. The van der Waals surface area contributed by atoms with Gasteiger partial charge in [-0.15, -0.1) is 0 Å². The van der Waals surface area contributed by atoms with Crippen molar-refractivity contribution in [2.24, 2.45) is 0 Å². The average Bonchev–Trinajstić information content (AvgIpc) is 2.84. The number of nitrogens with zero attached hydrogens (tertiary/aromatic N) is 1. The van der Waals surface area contributed by atoms with Crippen molar-refractivity contribution in [2.75, 3.05) is 26.2 Å². The van der Waals surface area contributed by atoms with Crippen LogP contribution in [0.4, 0.5) is 0 Å². The summed E-state index contributed by atoms with van der Waals surface area (Å²) in [6.45, 7) is 6.15. The van der Waals surface area contributed by atoms with Crippen LogP contribution in [0.2, 0.25) is 0 Å². The number of benzene rings is 1. The van der Waals surface area contributed by atoms with E-state index in [0.29, 0.717) is 6.61 Å². The minimum Gasteiger partial charge on any atom is -0.492 e. The summed E-state index contributed by atoms with van der Waals surface area (Å²) in [7, 11) is 0. The molecule has 0 spiro atoms. The first kappa shape index (κ1) is 12.4. The molecule has 2 rings (SSSR count). The minimum atomic E-state index is 0.0424. The second kappa shape index (κ2) is 6.03. The molecule has 17 heavy (non-hydrogen) atoms. The van der Waals surface area contributed by atoms with E-state index in [1.54, 1.807) is 0 Å². The molecule has 3 nitrogen and oxygen atoms in total. The molecule has 0 radical (unpaired) electrons. The van der Waals surface area contributed by atoms with Crippen LogP contribution in [0.3, 0.4) is 0 Å². The Morgan fingerprint density at radius 2 is 2.06 bits per heavy atom. The molecule has 1 saturated heterocycles. The van der Waals surface area contributed by atoms with Gasteiger partial charge >= 0.3 is 0 Å². The lowest BCUT2D eigenvalue weighted by Crippen LogP contribution is -2.25. The number of likely N-dealkylation sites (tertiary alicyclic amines) is 1. The molecule has 1 aromatic rings. The Kier molecular flexibility index (Phi) is 4.40. The van der Waals surface area contributed by atoms with Gasteiger partial charge in [0, 0.05) is 12.1 Å². The maximum Gasteiger partial charge on any atom is 0.127 e. The Balaban J connectivity index is 1.89. The number of ether oxygens (including phenoxy) is 1. The molecular weight excluding hydrogens is 214 g/mol. The van der Waals surface area contributed by atoms with E-state index in [4.69, 9.17) is 4.74 Å². The fourth-order valence-electron chi connectivity index (χ4n) is 2.33. The number of para-hydroxylation sites is 1. The topological polar surface area (TPSA) is 32.7 Å². The summed E-state index contributed by atoms with van der Waals surface area (Å²) in [5.41, 5.74) is 1.98. The van der Waals surface area contributed by atoms with Crippen LogP contribution in [0.25, 0.3) is 0 Å². The van der Waals surface area contributed by atoms with Crippen LogP contribution in [0.1, 0.15) is 24.0 Å². The quantitative estimate of drug-likeness (QED) is 0.847. The molecule has 0 aromatic heterocycles. The first-order valence-corrected chi connectivity index (χ1v) is 6.36. The van der Waals surface area contributed by atoms with Crippen molar-refractivity contribution in [3.05, 3.63) is 29.3 Å². The summed E-state index contributed by atoms with van der Waals surface area (Å²) in [5, 5.41) is 9.26. The van der Waals surface area contributed by atoms with E-state index in [9.17, 15) is 5.11 Å². The third-order valence-corrected chi connectivity index (χ3v) is 3.32. The van der Waals surface area contributed by atoms with Crippen LogP contribution in [0.15, 0.2) is 18.2 Å². The Hall–Kier alpha value is -1.06. The van der Waals surface area contributed by atoms with Crippen molar-refractivity contribution in [3.63, 3.8) is 0 Å². The summed E-state index contributed by atoms with van der Waals surface area (Å²) in [6.07, 6.45) is 2.62. The number of aliphatic hydroxyl groups is 1. The molecule has 0 saturated carbocycles. The number of rotatable bonds is 5. The van der Waals surface area contributed by atoms with Gasteiger partial charge in [-0.3, -0.25) is 4.90 Å². The molecule has 1 N–H and O–H groups in total. The highest BCUT2D eigenvalue weighted by molar-refractivity contribution is 5.40. The average molecular weight is 235 g/mol. The molecular formula is C14H21NO2. The molecule has 1 aliphatic heterocycles. The molecule has 1 fully saturated rings. The highest BCUT2D eigenvalue weighted by Crippen LogP contribution is 2.23. The van der Waals surface area contributed by atoms with Gasteiger partial charge in [-0.05, 0) is 38.4 Å². The number of aryl methyl sites for hydroxylation is 1. The smallest absolute Gasteiger partial charge is 0.127 e. The monoisotopic (exact) mass is 235 g/mol. The predicted octanol–water partition coefficient (Wildman–Crippen LogP) is 1.96. The number of hydrogen-bond acceptors (Lipinski definition) is 3. The fraction of sp³-hybridized carbons (Fsp3) is 0.571. The molecule has 0 bridgehead atoms. The molecule has 1 aliphatic rings. The van der Waals surface area contributed by atoms with Gasteiger partial charge in [-0.1, -0.05) is 18.2 Å². The molecule has 0 atom stereocenters. The van der Waals surface area contributed by atoms with Gasteiger partial charge in [0.05, 0.1) is 6.61 Å². The highest BCUT2D eigenvalue weighted by Gasteiger charge is 2.12. The van der Waals surface area contributed by atoms with E-state index in [1.165, 1.54) is 25.9 Å². The van der Waals surface area contributed by atoms with Crippen LogP contribution in [0.5, 0.6) is 5.75 Å². The zero-order valence-corrected chi connectivity index (χ0v) is 10.5. The maximum atomic E-state index is 9.26. The second-order valence-electron chi connectivity index (χ2n) is 4.62. The molecule has 3 heteroatoms. The van der Waals surface area contributed by atoms with E-state index in [-0.39, 0.29) is 6.61 Å². The molecule has 0 aliphatic carbocycles. The minimum absolute atomic E-state index is 0.0424. The largest absolute Gasteiger partial charge is 0.492 e. The Bertz CT molecular complexity index is 359. The van der Waals surface area contributed by atoms with Crippen LogP contribution < -0.4 is 4.74 Å². The van der Waals surface area contributed by atoms with Crippen molar-refractivity contribution >= 4 is 0 Å². The van der Waals surface area contributed by atoms with E-state index in [2.05, 4.69) is 4.90 Å². The molecule has 0 unspecified atom stereocenters. The molecule has 0 amide bonds.